The summed E-state index contributed by atoms with van der Waals surface area (Å²) in [6.07, 6.45) is 2.25. The van der Waals surface area contributed by atoms with Crippen LogP contribution in [0.5, 0.6) is 5.75 Å². The summed E-state index contributed by atoms with van der Waals surface area (Å²) in [5, 5.41) is 6.52. The molecule has 1 amide bonds. The number of anilines is 2. The van der Waals surface area contributed by atoms with Crippen molar-refractivity contribution in [2.75, 3.05) is 37.7 Å². The van der Waals surface area contributed by atoms with Gasteiger partial charge in [-0.15, -0.1) is 0 Å². The molecule has 3 rings (SSSR count). The first-order chi connectivity index (χ1) is 14.5. The first kappa shape index (κ1) is 22.2. The summed E-state index contributed by atoms with van der Waals surface area (Å²) in [7, 11) is 0. The molecule has 1 aliphatic heterocycles. The summed E-state index contributed by atoms with van der Waals surface area (Å²) >= 11 is 0. The van der Waals surface area contributed by atoms with Crippen LogP contribution in [0, 0.1) is 18.8 Å². The first-order valence-corrected chi connectivity index (χ1v) is 11.1. The van der Waals surface area contributed by atoms with Gasteiger partial charge in [0.15, 0.2) is 0 Å². The van der Waals surface area contributed by atoms with E-state index in [2.05, 4.69) is 60.6 Å². The summed E-state index contributed by atoms with van der Waals surface area (Å²) < 4.78 is 5.81. The molecule has 0 bridgehead atoms. The van der Waals surface area contributed by atoms with Crippen LogP contribution in [0.25, 0.3) is 0 Å². The van der Waals surface area contributed by atoms with Crippen LogP contribution >= 0.6 is 0 Å². The Morgan fingerprint density at radius 2 is 1.67 bits per heavy atom. The highest BCUT2D eigenvalue weighted by Crippen LogP contribution is 2.27. The minimum atomic E-state index is 0.0502. The van der Waals surface area contributed by atoms with Crippen LogP contribution in [0.2, 0.25) is 0 Å². The lowest BCUT2D eigenvalue weighted by atomic mass is 9.98. The second-order valence-corrected chi connectivity index (χ2v) is 8.62. The van der Waals surface area contributed by atoms with E-state index in [9.17, 15) is 4.79 Å². The number of carbonyl (C=O) groups excluding carboxylic acids is 1. The maximum atomic E-state index is 12.8. The number of amides is 1. The average molecular weight is 410 g/mol. The van der Waals surface area contributed by atoms with E-state index in [1.54, 1.807) is 0 Å². The van der Waals surface area contributed by atoms with E-state index < -0.39 is 0 Å². The lowest BCUT2D eigenvalue weighted by Crippen LogP contribution is -2.40. The van der Waals surface area contributed by atoms with Gasteiger partial charge in [0.05, 0.1) is 6.61 Å². The molecule has 0 unspecified atom stereocenters. The van der Waals surface area contributed by atoms with E-state index in [0.717, 1.165) is 49.6 Å². The quantitative estimate of drug-likeness (QED) is 0.649. The molecule has 0 spiro atoms. The maximum Gasteiger partial charge on any atom is 0.239 e. The zero-order chi connectivity index (χ0) is 21.3. The van der Waals surface area contributed by atoms with Crippen LogP contribution in [0.15, 0.2) is 48.5 Å². The predicted molar refractivity (Wildman–Crippen MR) is 124 cm³/mol. The third kappa shape index (κ3) is 6.77. The third-order valence-corrected chi connectivity index (χ3v) is 5.43. The Balaban J connectivity index is 1.68. The SMILES string of the molecule is Cc1ccc(N(CC(=O)NCC2CCNCC2)c2ccc(OCC(C)C)cc2)cc1. The van der Waals surface area contributed by atoms with E-state index in [4.69, 9.17) is 4.74 Å². The maximum absolute atomic E-state index is 12.8. The molecule has 0 saturated carbocycles. The number of hydrogen-bond acceptors (Lipinski definition) is 4. The van der Waals surface area contributed by atoms with Crippen LogP contribution < -0.4 is 20.3 Å². The van der Waals surface area contributed by atoms with Gasteiger partial charge in [0.25, 0.3) is 0 Å². The van der Waals surface area contributed by atoms with Gasteiger partial charge in [-0.1, -0.05) is 31.5 Å². The molecule has 162 valence electrons. The summed E-state index contributed by atoms with van der Waals surface area (Å²) in [6.45, 7) is 10.2. The second-order valence-electron chi connectivity index (χ2n) is 8.62. The van der Waals surface area contributed by atoms with Gasteiger partial charge in [-0.05, 0) is 81.1 Å². The van der Waals surface area contributed by atoms with Gasteiger partial charge < -0.3 is 20.3 Å². The number of nitrogens with one attached hydrogen (secondary N) is 2. The van der Waals surface area contributed by atoms with Gasteiger partial charge in [0.2, 0.25) is 5.91 Å². The van der Waals surface area contributed by atoms with E-state index in [1.807, 2.05) is 24.3 Å². The molecule has 2 aromatic carbocycles. The van der Waals surface area contributed by atoms with Crippen LogP contribution in [-0.4, -0.2) is 38.7 Å². The number of rotatable bonds is 9. The fourth-order valence-corrected chi connectivity index (χ4v) is 3.59. The first-order valence-electron chi connectivity index (χ1n) is 11.1. The monoisotopic (exact) mass is 409 g/mol. The number of carbonyl (C=O) groups is 1. The van der Waals surface area contributed by atoms with Crippen molar-refractivity contribution in [1.82, 2.24) is 10.6 Å². The van der Waals surface area contributed by atoms with Gasteiger partial charge in [-0.25, -0.2) is 0 Å². The molecule has 0 radical (unpaired) electrons. The van der Waals surface area contributed by atoms with Crippen molar-refractivity contribution in [2.24, 2.45) is 11.8 Å². The Morgan fingerprint density at radius 1 is 1.07 bits per heavy atom. The smallest absolute Gasteiger partial charge is 0.239 e. The molecule has 0 aromatic heterocycles. The number of aryl methyl sites for hydroxylation is 1. The van der Waals surface area contributed by atoms with Crippen molar-refractivity contribution in [3.05, 3.63) is 54.1 Å². The largest absolute Gasteiger partial charge is 0.493 e. The highest BCUT2D eigenvalue weighted by Gasteiger charge is 2.17. The fraction of sp³-hybridized carbons (Fsp3) is 0.480. The third-order valence-electron chi connectivity index (χ3n) is 5.43. The molecule has 0 aliphatic carbocycles. The molecular formula is C25H35N3O2. The zero-order valence-electron chi connectivity index (χ0n) is 18.5. The van der Waals surface area contributed by atoms with Gasteiger partial charge in [0.1, 0.15) is 12.3 Å². The normalized spacial score (nSPS) is 14.5. The fourth-order valence-electron chi connectivity index (χ4n) is 3.59. The van der Waals surface area contributed by atoms with Crippen molar-refractivity contribution in [1.29, 1.82) is 0 Å². The minimum Gasteiger partial charge on any atom is -0.493 e. The lowest BCUT2D eigenvalue weighted by molar-refractivity contribution is -0.119. The van der Waals surface area contributed by atoms with Crippen molar-refractivity contribution < 1.29 is 9.53 Å². The molecule has 1 fully saturated rings. The molecule has 0 atom stereocenters. The number of nitrogens with zero attached hydrogens (tertiary/aromatic N) is 1. The molecule has 1 heterocycles. The lowest BCUT2D eigenvalue weighted by Gasteiger charge is -2.26. The molecule has 30 heavy (non-hydrogen) atoms. The Morgan fingerprint density at radius 3 is 2.27 bits per heavy atom. The minimum absolute atomic E-state index is 0.0502. The van der Waals surface area contributed by atoms with Gasteiger partial charge in [-0.3, -0.25) is 4.79 Å². The van der Waals surface area contributed by atoms with E-state index >= 15 is 0 Å². The second kappa shape index (κ2) is 11.0. The number of benzene rings is 2. The number of hydrogen-bond donors (Lipinski definition) is 2. The van der Waals surface area contributed by atoms with Gasteiger partial charge in [0, 0.05) is 17.9 Å². The van der Waals surface area contributed by atoms with Crippen molar-refractivity contribution in [3.8, 4) is 5.75 Å². The summed E-state index contributed by atoms with van der Waals surface area (Å²) in [5.74, 6) is 1.96. The molecule has 5 nitrogen and oxygen atoms in total. The highest BCUT2D eigenvalue weighted by atomic mass is 16.5. The van der Waals surface area contributed by atoms with Crippen molar-refractivity contribution in [2.45, 2.75) is 33.6 Å². The number of piperidine rings is 1. The van der Waals surface area contributed by atoms with Gasteiger partial charge in [-0.2, -0.15) is 0 Å². The Kier molecular flexibility index (Phi) is 8.14. The Bertz CT molecular complexity index is 781. The van der Waals surface area contributed by atoms with E-state index in [-0.39, 0.29) is 5.91 Å². The molecule has 2 aromatic rings. The number of ether oxygens (including phenoxy) is 1. The van der Waals surface area contributed by atoms with Crippen LogP contribution in [0.4, 0.5) is 11.4 Å². The zero-order valence-corrected chi connectivity index (χ0v) is 18.5. The van der Waals surface area contributed by atoms with E-state index in [1.165, 1.54) is 5.56 Å². The topological polar surface area (TPSA) is 53.6 Å². The van der Waals surface area contributed by atoms with Crippen molar-refractivity contribution in [3.63, 3.8) is 0 Å². The summed E-state index contributed by atoms with van der Waals surface area (Å²) in [6, 6.07) is 16.3. The average Bonchev–Trinajstić information content (AvgIpc) is 2.76. The summed E-state index contributed by atoms with van der Waals surface area (Å²) in [5.41, 5.74) is 3.19. The Labute approximate surface area is 180 Å². The van der Waals surface area contributed by atoms with Crippen LogP contribution in [0.1, 0.15) is 32.3 Å². The van der Waals surface area contributed by atoms with Crippen LogP contribution in [0.3, 0.4) is 0 Å². The van der Waals surface area contributed by atoms with E-state index in [0.29, 0.717) is 25.0 Å². The molecular weight excluding hydrogens is 374 g/mol. The predicted octanol–water partition coefficient (Wildman–Crippen LogP) is 4.28. The van der Waals surface area contributed by atoms with Gasteiger partial charge >= 0.3 is 0 Å². The van der Waals surface area contributed by atoms with Crippen molar-refractivity contribution >= 4 is 17.3 Å². The molecule has 5 heteroatoms. The highest BCUT2D eigenvalue weighted by molar-refractivity contribution is 5.84. The standard InChI is InChI=1S/C25H35N3O2/c1-19(2)18-30-24-10-8-23(9-11-24)28(22-6-4-20(3)5-7-22)17-25(29)27-16-21-12-14-26-15-13-21/h4-11,19,21,26H,12-18H2,1-3H3,(H,27,29). The van der Waals surface area contributed by atoms with Crippen LogP contribution in [-0.2, 0) is 4.79 Å². The Hall–Kier alpha value is -2.53. The molecule has 1 aliphatic rings. The molecule has 1 saturated heterocycles. The summed E-state index contributed by atoms with van der Waals surface area (Å²) in [4.78, 5) is 14.8. The molecule has 2 N–H and O–H groups in total.